The Kier molecular flexibility index (Phi) is 2.88. The van der Waals surface area contributed by atoms with Crippen LogP contribution in [0, 0.1) is 5.92 Å². The Morgan fingerprint density at radius 1 is 1.06 bits per heavy atom. The minimum absolute atomic E-state index is 0.448. The second-order valence-corrected chi connectivity index (χ2v) is 5.60. The number of amides is 1. The average molecular weight is 222 g/mol. The Morgan fingerprint density at radius 2 is 1.81 bits per heavy atom. The van der Waals surface area contributed by atoms with Crippen LogP contribution in [0.15, 0.2) is 0 Å². The zero-order valence-electron chi connectivity index (χ0n) is 9.95. The van der Waals surface area contributed by atoms with Gasteiger partial charge in [0.1, 0.15) is 0 Å². The van der Waals surface area contributed by atoms with Crippen molar-refractivity contribution in [3.05, 3.63) is 0 Å². The SMILES string of the molecule is O=C1CC2CCCC[C@H]2N1C1CCNCC1. The van der Waals surface area contributed by atoms with Crippen LogP contribution in [0.2, 0.25) is 0 Å². The lowest BCUT2D eigenvalue weighted by Gasteiger charge is -2.39. The van der Waals surface area contributed by atoms with Gasteiger partial charge in [0.25, 0.3) is 0 Å². The number of likely N-dealkylation sites (tertiary alicyclic amines) is 1. The van der Waals surface area contributed by atoms with Crippen LogP contribution in [0.4, 0.5) is 0 Å². The van der Waals surface area contributed by atoms with Crippen LogP contribution >= 0.6 is 0 Å². The van der Waals surface area contributed by atoms with E-state index < -0.39 is 0 Å². The van der Waals surface area contributed by atoms with Gasteiger partial charge in [0.2, 0.25) is 5.91 Å². The van der Waals surface area contributed by atoms with Crippen molar-refractivity contribution in [3.63, 3.8) is 0 Å². The molecule has 1 aliphatic carbocycles. The molecule has 3 aliphatic rings. The summed E-state index contributed by atoms with van der Waals surface area (Å²) in [7, 11) is 0. The van der Waals surface area contributed by atoms with Crippen molar-refractivity contribution < 1.29 is 4.79 Å². The normalized spacial score (nSPS) is 36.5. The van der Waals surface area contributed by atoms with Crippen molar-refractivity contribution in [2.24, 2.45) is 5.92 Å². The van der Waals surface area contributed by atoms with Crippen molar-refractivity contribution in [2.45, 2.75) is 57.0 Å². The smallest absolute Gasteiger partial charge is 0.223 e. The summed E-state index contributed by atoms with van der Waals surface area (Å²) in [6, 6.07) is 1.14. The molecule has 90 valence electrons. The number of hydrogen-bond acceptors (Lipinski definition) is 2. The topological polar surface area (TPSA) is 32.3 Å². The Balaban J connectivity index is 1.74. The second kappa shape index (κ2) is 4.36. The summed E-state index contributed by atoms with van der Waals surface area (Å²) in [5.74, 6) is 1.14. The van der Waals surface area contributed by atoms with Gasteiger partial charge in [-0.25, -0.2) is 0 Å². The minimum Gasteiger partial charge on any atom is -0.336 e. The van der Waals surface area contributed by atoms with E-state index in [1.54, 1.807) is 0 Å². The number of nitrogens with zero attached hydrogens (tertiary/aromatic N) is 1. The highest BCUT2D eigenvalue weighted by atomic mass is 16.2. The van der Waals surface area contributed by atoms with Crippen LogP contribution in [0.25, 0.3) is 0 Å². The number of nitrogens with one attached hydrogen (secondary N) is 1. The molecule has 0 aromatic carbocycles. The van der Waals surface area contributed by atoms with Gasteiger partial charge < -0.3 is 10.2 Å². The van der Waals surface area contributed by atoms with Crippen molar-refractivity contribution in [3.8, 4) is 0 Å². The van der Waals surface area contributed by atoms with E-state index in [0.717, 1.165) is 32.4 Å². The molecule has 3 fully saturated rings. The lowest BCUT2D eigenvalue weighted by Crippen LogP contribution is -2.48. The van der Waals surface area contributed by atoms with Gasteiger partial charge >= 0.3 is 0 Å². The number of carbonyl (C=O) groups is 1. The molecule has 0 bridgehead atoms. The van der Waals surface area contributed by atoms with Crippen LogP contribution < -0.4 is 5.32 Å². The van der Waals surface area contributed by atoms with Crippen LogP contribution in [-0.2, 0) is 4.79 Å². The molecule has 0 spiro atoms. The maximum absolute atomic E-state index is 12.1. The third kappa shape index (κ3) is 1.75. The molecule has 2 heterocycles. The maximum Gasteiger partial charge on any atom is 0.223 e. The molecule has 0 aromatic heterocycles. The van der Waals surface area contributed by atoms with Gasteiger partial charge in [0.05, 0.1) is 0 Å². The zero-order chi connectivity index (χ0) is 11.0. The molecule has 1 amide bonds. The van der Waals surface area contributed by atoms with Gasteiger partial charge in [-0.2, -0.15) is 0 Å². The minimum atomic E-state index is 0.448. The molecule has 3 heteroatoms. The molecule has 0 aromatic rings. The fraction of sp³-hybridized carbons (Fsp3) is 0.923. The fourth-order valence-electron chi connectivity index (χ4n) is 3.87. The summed E-state index contributed by atoms with van der Waals surface area (Å²) in [4.78, 5) is 14.4. The highest BCUT2D eigenvalue weighted by Crippen LogP contribution is 2.39. The number of rotatable bonds is 1. The van der Waals surface area contributed by atoms with Crippen molar-refractivity contribution in [1.82, 2.24) is 10.2 Å². The van der Waals surface area contributed by atoms with Gasteiger partial charge in [0.15, 0.2) is 0 Å². The predicted molar refractivity (Wildman–Crippen MR) is 63.1 cm³/mol. The molecule has 2 saturated heterocycles. The standard InChI is InChI=1S/C13H22N2O/c16-13-9-10-3-1-2-4-12(10)15(13)11-5-7-14-8-6-11/h10-12,14H,1-9H2/t10?,12-/m1/s1. The molecular formula is C13H22N2O. The molecule has 3 nitrogen and oxygen atoms in total. The molecule has 2 atom stereocenters. The molecule has 1 unspecified atom stereocenters. The summed E-state index contributed by atoms with van der Waals surface area (Å²) >= 11 is 0. The first-order valence-electron chi connectivity index (χ1n) is 6.88. The fourth-order valence-corrected chi connectivity index (χ4v) is 3.87. The summed E-state index contributed by atoms with van der Waals surface area (Å²) < 4.78 is 0. The van der Waals surface area contributed by atoms with Crippen molar-refractivity contribution in [1.29, 1.82) is 0 Å². The zero-order valence-corrected chi connectivity index (χ0v) is 9.95. The van der Waals surface area contributed by atoms with Gasteiger partial charge in [-0.05, 0) is 44.7 Å². The van der Waals surface area contributed by atoms with Gasteiger partial charge in [-0.15, -0.1) is 0 Å². The van der Waals surface area contributed by atoms with Gasteiger partial charge in [0, 0.05) is 18.5 Å². The first-order chi connectivity index (χ1) is 7.86. The Morgan fingerprint density at radius 3 is 2.62 bits per heavy atom. The molecule has 1 saturated carbocycles. The van der Waals surface area contributed by atoms with Gasteiger partial charge in [-0.1, -0.05) is 12.8 Å². The second-order valence-electron chi connectivity index (χ2n) is 5.60. The van der Waals surface area contributed by atoms with Crippen molar-refractivity contribution in [2.75, 3.05) is 13.1 Å². The van der Waals surface area contributed by atoms with E-state index in [0.29, 0.717) is 23.9 Å². The third-order valence-electron chi connectivity index (χ3n) is 4.65. The molecule has 2 aliphatic heterocycles. The predicted octanol–water partition coefficient (Wildman–Crippen LogP) is 1.53. The number of piperidine rings is 1. The van der Waals surface area contributed by atoms with E-state index in [-0.39, 0.29) is 0 Å². The average Bonchev–Trinajstić information content (AvgIpc) is 2.66. The van der Waals surface area contributed by atoms with E-state index in [1.807, 2.05) is 0 Å². The van der Waals surface area contributed by atoms with Crippen LogP contribution in [0.5, 0.6) is 0 Å². The van der Waals surface area contributed by atoms with E-state index in [4.69, 9.17) is 0 Å². The van der Waals surface area contributed by atoms with Crippen LogP contribution in [-0.4, -0.2) is 36.0 Å². The van der Waals surface area contributed by atoms with Crippen LogP contribution in [0.1, 0.15) is 44.9 Å². The van der Waals surface area contributed by atoms with E-state index in [9.17, 15) is 4.79 Å². The summed E-state index contributed by atoms with van der Waals surface area (Å²) in [5.41, 5.74) is 0. The number of hydrogen-bond donors (Lipinski definition) is 1. The highest BCUT2D eigenvalue weighted by molar-refractivity contribution is 5.79. The van der Waals surface area contributed by atoms with Crippen molar-refractivity contribution >= 4 is 5.91 Å². The first-order valence-corrected chi connectivity index (χ1v) is 6.88. The van der Waals surface area contributed by atoms with E-state index in [1.165, 1.54) is 25.7 Å². The highest BCUT2D eigenvalue weighted by Gasteiger charge is 2.43. The van der Waals surface area contributed by atoms with E-state index in [2.05, 4.69) is 10.2 Å². The third-order valence-corrected chi connectivity index (χ3v) is 4.65. The summed E-state index contributed by atoms with van der Waals surface area (Å²) in [5, 5.41) is 3.39. The first kappa shape index (κ1) is 10.6. The van der Waals surface area contributed by atoms with Crippen LogP contribution in [0.3, 0.4) is 0 Å². The Hall–Kier alpha value is -0.570. The van der Waals surface area contributed by atoms with Gasteiger partial charge in [-0.3, -0.25) is 4.79 Å². The summed E-state index contributed by atoms with van der Waals surface area (Å²) in [6.07, 6.45) is 8.39. The molecule has 16 heavy (non-hydrogen) atoms. The Labute approximate surface area is 97.6 Å². The molecule has 1 N–H and O–H groups in total. The van der Waals surface area contributed by atoms with E-state index >= 15 is 0 Å². The largest absolute Gasteiger partial charge is 0.336 e. The Bertz CT molecular complexity index is 273. The lowest BCUT2D eigenvalue weighted by atomic mass is 9.84. The monoisotopic (exact) mass is 222 g/mol. The maximum atomic E-state index is 12.1. The molecule has 3 rings (SSSR count). The quantitative estimate of drug-likeness (QED) is 0.729. The molecule has 0 radical (unpaired) electrons. The summed E-state index contributed by atoms with van der Waals surface area (Å²) in [6.45, 7) is 2.18. The molecular weight excluding hydrogens is 200 g/mol. The lowest BCUT2D eigenvalue weighted by molar-refractivity contribution is -0.131. The number of carbonyl (C=O) groups excluding carboxylic acids is 1. The number of fused-ring (bicyclic) bond motifs is 1.